The molecular weight excluding hydrogens is 662 g/mol. The molecule has 1 saturated carbocycles. The number of fused-ring (bicyclic) bond motifs is 1. The predicted molar refractivity (Wildman–Crippen MR) is 162 cm³/mol. The van der Waals surface area contributed by atoms with Crippen molar-refractivity contribution in [1.29, 1.82) is 0 Å². The Bertz CT molecular complexity index is 1530. The fraction of sp³-hybridized carbons (Fsp3) is 0.483. The van der Waals surface area contributed by atoms with Gasteiger partial charge in [-0.05, 0) is 68.1 Å². The van der Waals surface area contributed by atoms with Crippen molar-refractivity contribution in [3.05, 3.63) is 57.5 Å². The molecule has 0 bridgehead atoms. The van der Waals surface area contributed by atoms with E-state index in [0.717, 1.165) is 29.3 Å². The van der Waals surface area contributed by atoms with Crippen molar-refractivity contribution in [3.63, 3.8) is 0 Å². The highest BCUT2D eigenvalue weighted by molar-refractivity contribution is 9.10. The van der Waals surface area contributed by atoms with Gasteiger partial charge in [0.25, 0.3) is 0 Å². The number of nitrogens with one attached hydrogen (secondary N) is 2. The SMILES string of the molecule is COc1ccc(Cl)cc1S(=O)(=O)N1CC(NC(=O)C2CCCN2)C(=O)N2C(Cc3ccc(Br)cc3)C(=O)N(C3CC3)CC21. The number of hydrogen-bond acceptors (Lipinski definition) is 7. The summed E-state index contributed by atoms with van der Waals surface area (Å²) in [5.74, 6) is -0.982. The average Bonchev–Trinajstić information content (AvgIpc) is 3.68. The first-order valence-corrected chi connectivity index (χ1v) is 17.0. The van der Waals surface area contributed by atoms with E-state index >= 15 is 0 Å². The van der Waals surface area contributed by atoms with E-state index in [4.69, 9.17) is 16.3 Å². The minimum Gasteiger partial charge on any atom is -0.495 e. The van der Waals surface area contributed by atoms with E-state index in [1.807, 2.05) is 24.3 Å². The van der Waals surface area contributed by atoms with Crippen LogP contribution < -0.4 is 15.4 Å². The number of nitrogens with zero attached hydrogens (tertiary/aromatic N) is 3. The molecule has 11 nitrogen and oxygen atoms in total. The van der Waals surface area contributed by atoms with E-state index in [2.05, 4.69) is 26.6 Å². The number of rotatable bonds is 8. The third-order valence-electron chi connectivity index (χ3n) is 8.57. The number of carbonyl (C=O) groups excluding carboxylic acids is 3. The smallest absolute Gasteiger partial charge is 0.248 e. The van der Waals surface area contributed by atoms with E-state index in [1.54, 1.807) is 4.90 Å². The number of sulfonamides is 1. The molecule has 3 heterocycles. The van der Waals surface area contributed by atoms with Crippen molar-refractivity contribution in [2.75, 3.05) is 26.7 Å². The lowest BCUT2D eigenvalue weighted by Gasteiger charge is -2.53. The van der Waals surface area contributed by atoms with E-state index in [-0.39, 0.29) is 53.0 Å². The maximum Gasteiger partial charge on any atom is 0.248 e. The highest BCUT2D eigenvalue weighted by atomic mass is 79.9. The molecular formula is C29H33BrClN5O6S. The Kier molecular flexibility index (Phi) is 8.46. The molecule has 4 aliphatic rings. The Labute approximate surface area is 264 Å². The molecule has 4 atom stereocenters. The predicted octanol–water partition coefficient (Wildman–Crippen LogP) is 2.12. The second-order valence-corrected chi connectivity index (χ2v) is 14.6. The first kappa shape index (κ1) is 30.3. The van der Waals surface area contributed by atoms with Gasteiger partial charge in [-0.2, -0.15) is 4.31 Å². The molecule has 3 aliphatic heterocycles. The van der Waals surface area contributed by atoms with Crippen LogP contribution in [0.15, 0.2) is 51.8 Å². The Morgan fingerprint density at radius 3 is 2.49 bits per heavy atom. The zero-order valence-corrected chi connectivity index (χ0v) is 26.7. The summed E-state index contributed by atoms with van der Waals surface area (Å²) in [5, 5.41) is 6.12. The molecule has 2 aromatic rings. The molecule has 4 fully saturated rings. The van der Waals surface area contributed by atoms with E-state index in [9.17, 15) is 22.8 Å². The molecule has 6 rings (SSSR count). The standard InChI is InChI=1S/C29H33BrClN5O6S/c1-42-24-11-8-19(31)14-25(24)43(40,41)35-15-22(33-27(37)21-3-2-12-32-21)28(38)36-23(13-17-4-6-18(30)7-5-17)29(39)34(16-26(35)36)20-9-10-20/h4-8,11,14,20-23,26,32H,2-3,9-10,12-13,15-16H2,1H3,(H,33,37). The number of methoxy groups -OCH3 is 1. The van der Waals surface area contributed by atoms with Gasteiger partial charge in [-0.1, -0.05) is 39.7 Å². The zero-order valence-electron chi connectivity index (χ0n) is 23.5. The van der Waals surface area contributed by atoms with Crippen LogP contribution in [0, 0.1) is 0 Å². The summed E-state index contributed by atoms with van der Waals surface area (Å²) in [6, 6.07) is 9.14. The van der Waals surface area contributed by atoms with Crippen LogP contribution in [0.2, 0.25) is 5.02 Å². The molecule has 2 aromatic carbocycles. The molecule has 2 N–H and O–H groups in total. The van der Waals surface area contributed by atoms with E-state index < -0.39 is 40.2 Å². The lowest BCUT2D eigenvalue weighted by atomic mass is 9.97. The number of piperazine rings is 1. The number of ether oxygens (including phenoxy) is 1. The molecule has 3 saturated heterocycles. The summed E-state index contributed by atoms with van der Waals surface area (Å²) in [5.41, 5.74) is 0.818. The maximum absolute atomic E-state index is 14.5. The topological polar surface area (TPSA) is 128 Å². The molecule has 230 valence electrons. The van der Waals surface area contributed by atoms with Crippen LogP contribution in [0.25, 0.3) is 0 Å². The summed E-state index contributed by atoms with van der Waals surface area (Å²) in [4.78, 5) is 44.4. The highest BCUT2D eigenvalue weighted by Crippen LogP contribution is 2.38. The minimum atomic E-state index is -4.34. The van der Waals surface area contributed by atoms with Gasteiger partial charge in [0.2, 0.25) is 27.7 Å². The van der Waals surface area contributed by atoms with Gasteiger partial charge in [-0.15, -0.1) is 0 Å². The molecule has 0 spiro atoms. The summed E-state index contributed by atoms with van der Waals surface area (Å²) in [6.07, 6.45) is 2.27. The largest absolute Gasteiger partial charge is 0.495 e. The van der Waals surface area contributed by atoms with E-state index in [0.29, 0.717) is 13.0 Å². The van der Waals surface area contributed by atoms with Gasteiger partial charge in [0, 0.05) is 28.5 Å². The summed E-state index contributed by atoms with van der Waals surface area (Å²) < 4.78 is 36.4. The van der Waals surface area contributed by atoms with Crippen molar-refractivity contribution >= 4 is 55.3 Å². The number of carbonyl (C=O) groups is 3. The van der Waals surface area contributed by atoms with Crippen LogP contribution in [0.3, 0.4) is 0 Å². The van der Waals surface area contributed by atoms with Gasteiger partial charge in [-0.3, -0.25) is 14.4 Å². The lowest BCUT2D eigenvalue weighted by molar-refractivity contribution is -0.168. The van der Waals surface area contributed by atoms with Crippen molar-refractivity contribution < 1.29 is 27.5 Å². The normalized spacial score (nSPS) is 26.4. The van der Waals surface area contributed by atoms with Gasteiger partial charge in [-0.25, -0.2) is 8.42 Å². The van der Waals surface area contributed by atoms with Crippen molar-refractivity contribution in [1.82, 2.24) is 24.7 Å². The molecule has 4 unspecified atom stereocenters. The van der Waals surface area contributed by atoms with Crippen molar-refractivity contribution in [2.24, 2.45) is 0 Å². The molecule has 0 radical (unpaired) electrons. The van der Waals surface area contributed by atoms with Gasteiger partial charge >= 0.3 is 0 Å². The van der Waals surface area contributed by atoms with Crippen LogP contribution in [0.1, 0.15) is 31.2 Å². The minimum absolute atomic E-state index is 0.00621. The molecule has 0 aromatic heterocycles. The Hall–Kier alpha value is -2.71. The first-order chi connectivity index (χ1) is 20.6. The van der Waals surface area contributed by atoms with Gasteiger partial charge in [0.05, 0.1) is 19.7 Å². The highest BCUT2D eigenvalue weighted by Gasteiger charge is 2.56. The van der Waals surface area contributed by atoms with Crippen LogP contribution in [-0.4, -0.2) is 97.3 Å². The number of amides is 3. The Morgan fingerprint density at radius 2 is 1.84 bits per heavy atom. The molecule has 43 heavy (non-hydrogen) atoms. The second-order valence-electron chi connectivity index (χ2n) is 11.4. The van der Waals surface area contributed by atoms with Gasteiger partial charge in [0.1, 0.15) is 28.9 Å². The first-order valence-electron chi connectivity index (χ1n) is 14.3. The quantitative estimate of drug-likeness (QED) is 0.434. The fourth-order valence-corrected chi connectivity index (χ4v) is 8.50. The third kappa shape index (κ3) is 5.89. The van der Waals surface area contributed by atoms with Crippen LogP contribution in [0.5, 0.6) is 5.75 Å². The number of halogens is 2. The van der Waals surface area contributed by atoms with Crippen LogP contribution >= 0.6 is 27.5 Å². The van der Waals surface area contributed by atoms with Crippen molar-refractivity contribution in [3.8, 4) is 5.75 Å². The third-order valence-corrected chi connectivity index (χ3v) is 11.2. The fourth-order valence-electron chi connectivity index (χ4n) is 6.23. The van der Waals surface area contributed by atoms with Crippen LogP contribution in [0.4, 0.5) is 0 Å². The van der Waals surface area contributed by atoms with Crippen molar-refractivity contribution in [2.45, 2.75) is 67.3 Å². The molecule has 3 amide bonds. The summed E-state index contributed by atoms with van der Waals surface area (Å²) in [7, 11) is -2.97. The summed E-state index contributed by atoms with van der Waals surface area (Å²) in [6.45, 7) is 0.411. The monoisotopic (exact) mass is 693 g/mol. The van der Waals surface area contributed by atoms with E-state index in [1.165, 1.54) is 34.5 Å². The zero-order chi connectivity index (χ0) is 30.5. The van der Waals surface area contributed by atoms with Gasteiger partial charge in [0.15, 0.2) is 0 Å². The Balaban J connectivity index is 1.43. The average molecular weight is 695 g/mol. The maximum atomic E-state index is 14.5. The lowest BCUT2D eigenvalue weighted by Crippen LogP contribution is -2.76. The summed E-state index contributed by atoms with van der Waals surface area (Å²) >= 11 is 9.68. The van der Waals surface area contributed by atoms with Crippen LogP contribution in [-0.2, 0) is 30.8 Å². The van der Waals surface area contributed by atoms with Gasteiger partial charge < -0.3 is 25.2 Å². The number of hydrogen-bond donors (Lipinski definition) is 2. The second kappa shape index (κ2) is 12.0. The molecule has 14 heteroatoms. The molecule has 1 aliphatic carbocycles. The number of benzene rings is 2. The Morgan fingerprint density at radius 1 is 1.09 bits per heavy atom.